The van der Waals surface area contributed by atoms with Gasteiger partial charge in [0.1, 0.15) is 19.4 Å². The van der Waals surface area contributed by atoms with E-state index >= 15 is 0 Å². The predicted octanol–water partition coefficient (Wildman–Crippen LogP) is 3.00. The fourth-order valence-electron chi connectivity index (χ4n) is 1.35. The molecule has 0 bridgehead atoms. The molecule has 0 aliphatic carbocycles. The molecule has 5 nitrogen and oxygen atoms in total. The van der Waals surface area contributed by atoms with Crippen molar-refractivity contribution in [2.45, 2.75) is 31.6 Å². The number of alkyl halides is 5. The highest BCUT2D eigenvalue weighted by molar-refractivity contribution is 6.28. The molecule has 11 heteroatoms. The average molecular weight is 334 g/mol. The summed E-state index contributed by atoms with van der Waals surface area (Å²) in [5, 5.41) is 3.93. The Morgan fingerprint density at radius 3 is 2.00 bits per heavy atom. The van der Waals surface area contributed by atoms with Crippen molar-refractivity contribution >= 4 is 23.5 Å². The van der Waals surface area contributed by atoms with Crippen LogP contribution in [-0.2, 0) is 0 Å². The number of hydrogen-bond donors (Lipinski definition) is 2. The smallest absolute Gasteiger partial charge is 0.346 e. The molecule has 0 aromatic carbocycles. The molecule has 1 aromatic rings. The van der Waals surface area contributed by atoms with E-state index in [4.69, 9.17) is 11.6 Å². The zero-order valence-corrected chi connectivity index (χ0v) is 11.6. The van der Waals surface area contributed by atoms with Crippen LogP contribution in [0.5, 0.6) is 0 Å². The molecule has 0 radical (unpaired) electrons. The third-order valence-corrected chi connectivity index (χ3v) is 2.59. The maximum absolute atomic E-state index is 12.6. The van der Waals surface area contributed by atoms with Crippen molar-refractivity contribution in [3.8, 4) is 0 Å². The number of halogens is 6. The van der Waals surface area contributed by atoms with E-state index in [0.29, 0.717) is 0 Å². The molecule has 0 aliphatic heterocycles. The normalized spacial score (nSPS) is 13.3. The van der Waals surface area contributed by atoms with Gasteiger partial charge in [-0.15, -0.1) is 0 Å². The Morgan fingerprint density at radius 1 is 1.05 bits per heavy atom. The minimum Gasteiger partial charge on any atom is -0.346 e. The summed E-state index contributed by atoms with van der Waals surface area (Å²) in [4.78, 5) is 10.6. The lowest BCUT2D eigenvalue weighted by Gasteiger charge is -2.20. The molecule has 0 amide bonds. The molecule has 2 N–H and O–H groups in total. The van der Waals surface area contributed by atoms with Gasteiger partial charge in [0.15, 0.2) is 0 Å². The number of hydrogen-bond acceptors (Lipinski definition) is 5. The van der Waals surface area contributed by atoms with Crippen molar-refractivity contribution in [3.05, 3.63) is 5.28 Å². The van der Waals surface area contributed by atoms with Gasteiger partial charge in [0, 0.05) is 0 Å². The molecule has 1 rings (SSSR count). The van der Waals surface area contributed by atoms with Gasteiger partial charge in [0.05, 0.1) is 6.04 Å². The van der Waals surface area contributed by atoms with E-state index in [-0.39, 0.29) is 12.4 Å². The highest BCUT2D eigenvalue weighted by atomic mass is 35.5. The van der Waals surface area contributed by atoms with Crippen molar-refractivity contribution in [1.82, 2.24) is 15.0 Å². The summed E-state index contributed by atoms with van der Waals surface area (Å²) in [6.07, 6.45) is -4.75. The van der Waals surface area contributed by atoms with Crippen LogP contribution in [0.2, 0.25) is 5.28 Å². The van der Waals surface area contributed by atoms with Crippen LogP contribution in [0.1, 0.15) is 13.3 Å². The van der Waals surface area contributed by atoms with E-state index in [9.17, 15) is 22.0 Å². The molecule has 1 heterocycles. The minimum atomic E-state index is -4.50. The summed E-state index contributed by atoms with van der Waals surface area (Å²) < 4.78 is 62.7. The predicted molar refractivity (Wildman–Crippen MR) is 68.0 cm³/mol. The molecule has 0 fully saturated rings. The second-order valence-corrected chi connectivity index (χ2v) is 4.39. The van der Waals surface area contributed by atoms with Crippen LogP contribution in [-0.4, -0.2) is 46.6 Å². The second-order valence-electron chi connectivity index (χ2n) is 4.05. The third kappa shape index (κ3) is 5.44. The lowest BCUT2D eigenvalue weighted by Crippen LogP contribution is -2.36. The van der Waals surface area contributed by atoms with Crippen molar-refractivity contribution in [3.63, 3.8) is 0 Å². The summed E-state index contributed by atoms with van der Waals surface area (Å²) in [5.74, 6) is -0.743. The van der Waals surface area contributed by atoms with Gasteiger partial charge in [-0.05, 0) is 18.0 Å². The molecule has 1 atom stereocenters. The third-order valence-electron chi connectivity index (χ3n) is 2.42. The Hall–Kier alpha value is -1.45. The number of aromatic nitrogens is 3. The Bertz CT molecular complexity index is 454. The van der Waals surface area contributed by atoms with Gasteiger partial charge in [-0.3, -0.25) is 0 Å². The molecular weight excluding hydrogens is 321 g/mol. The van der Waals surface area contributed by atoms with Crippen LogP contribution in [0.4, 0.5) is 33.8 Å². The zero-order chi connectivity index (χ0) is 16.0. The van der Waals surface area contributed by atoms with Gasteiger partial charge >= 0.3 is 6.18 Å². The van der Waals surface area contributed by atoms with Crippen LogP contribution in [0.3, 0.4) is 0 Å². The Balaban J connectivity index is 2.91. The SMILES string of the molecule is CC[C@@H](Nc1nc(Cl)nc(NC(CF)CF)n1)C(F)(F)F. The maximum Gasteiger partial charge on any atom is 0.408 e. The first kappa shape index (κ1) is 17.6. The minimum absolute atomic E-state index is 0.257. The van der Waals surface area contributed by atoms with Gasteiger partial charge in [0.25, 0.3) is 0 Å². The van der Waals surface area contributed by atoms with E-state index in [0.717, 1.165) is 0 Å². The van der Waals surface area contributed by atoms with Crippen LogP contribution in [0.25, 0.3) is 0 Å². The lowest BCUT2D eigenvalue weighted by atomic mass is 10.2. The summed E-state index contributed by atoms with van der Waals surface area (Å²) in [7, 11) is 0. The molecule has 0 spiro atoms. The van der Waals surface area contributed by atoms with Gasteiger partial charge in [-0.2, -0.15) is 28.1 Å². The highest BCUT2D eigenvalue weighted by Gasteiger charge is 2.38. The monoisotopic (exact) mass is 333 g/mol. The van der Waals surface area contributed by atoms with E-state index in [1.807, 2.05) is 0 Å². The first-order valence-corrected chi connectivity index (χ1v) is 6.31. The van der Waals surface area contributed by atoms with Gasteiger partial charge in [-0.1, -0.05) is 6.92 Å². The standard InChI is InChI=1S/C10H13ClF5N5/c1-2-6(10(14,15)16)18-9-20-7(11)19-8(21-9)17-5(3-12)4-13/h5-6H,2-4H2,1H3,(H2,17,18,19,20,21)/t6-/m1/s1. The van der Waals surface area contributed by atoms with Gasteiger partial charge < -0.3 is 10.6 Å². The van der Waals surface area contributed by atoms with Gasteiger partial charge in [0.2, 0.25) is 17.2 Å². The largest absolute Gasteiger partial charge is 0.408 e. The summed E-state index contributed by atoms with van der Waals surface area (Å²) in [5.41, 5.74) is 0. The number of rotatable bonds is 7. The van der Waals surface area contributed by atoms with Crippen molar-refractivity contribution in [1.29, 1.82) is 0 Å². The van der Waals surface area contributed by atoms with E-state index in [1.165, 1.54) is 6.92 Å². The molecular formula is C10H13ClF5N5. The zero-order valence-electron chi connectivity index (χ0n) is 10.9. The highest BCUT2D eigenvalue weighted by Crippen LogP contribution is 2.25. The fourth-order valence-corrected chi connectivity index (χ4v) is 1.51. The fraction of sp³-hybridized carbons (Fsp3) is 0.700. The molecule has 0 saturated carbocycles. The Morgan fingerprint density at radius 2 is 1.57 bits per heavy atom. The van der Waals surface area contributed by atoms with Gasteiger partial charge in [-0.25, -0.2) is 8.78 Å². The lowest BCUT2D eigenvalue weighted by molar-refractivity contribution is -0.143. The van der Waals surface area contributed by atoms with E-state index < -0.39 is 42.8 Å². The number of nitrogens with zero attached hydrogens (tertiary/aromatic N) is 3. The quantitative estimate of drug-likeness (QED) is 0.751. The summed E-state index contributed by atoms with van der Waals surface area (Å²) >= 11 is 5.55. The molecule has 1 aromatic heterocycles. The average Bonchev–Trinajstić information content (AvgIpc) is 2.40. The van der Waals surface area contributed by atoms with Crippen LogP contribution < -0.4 is 10.6 Å². The second kappa shape index (κ2) is 7.53. The molecule has 0 aliphatic rings. The molecule has 120 valence electrons. The van der Waals surface area contributed by atoms with E-state index in [1.54, 1.807) is 0 Å². The topological polar surface area (TPSA) is 62.7 Å². The Kier molecular flexibility index (Phi) is 6.31. The summed E-state index contributed by atoms with van der Waals surface area (Å²) in [6, 6.07) is -3.08. The van der Waals surface area contributed by atoms with Crippen molar-refractivity contribution in [2.75, 3.05) is 24.0 Å². The molecule has 0 saturated heterocycles. The molecule has 0 unspecified atom stereocenters. The molecule has 21 heavy (non-hydrogen) atoms. The van der Waals surface area contributed by atoms with Crippen molar-refractivity contribution in [2.24, 2.45) is 0 Å². The van der Waals surface area contributed by atoms with Crippen LogP contribution in [0, 0.1) is 0 Å². The van der Waals surface area contributed by atoms with Crippen molar-refractivity contribution < 1.29 is 22.0 Å². The van der Waals surface area contributed by atoms with Crippen LogP contribution in [0.15, 0.2) is 0 Å². The summed E-state index contributed by atoms with van der Waals surface area (Å²) in [6.45, 7) is -0.749. The first-order chi connectivity index (χ1) is 9.79. The van der Waals surface area contributed by atoms with E-state index in [2.05, 4.69) is 25.6 Å². The van der Waals surface area contributed by atoms with Crippen LogP contribution >= 0.6 is 11.6 Å². The maximum atomic E-state index is 12.6. The first-order valence-electron chi connectivity index (χ1n) is 5.93. The number of nitrogens with one attached hydrogen (secondary N) is 2. The Labute approximate surface area is 122 Å². The number of anilines is 2.